The van der Waals surface area contributed by atoms with Gasteiger partial charge in [-0.25, -0.2) is 18.6 Å². The molecule has 2 heterocycles. The monoisotopic (exact) mass is 444 g/mol. The molecular formula is C22H22F2N4O4. The first kappa shape index (κ1) is 21.9. The lowest BCUT2D eigenvalue weighted by Crippen LogP contribution is -2.40. The largest absolute Gasteiger partial charge is 0.395 e. The SMILES string of the molecule is Cn1c(=O)n(CCO)c(=O)c2c1nc(C#CCOC1CCC1)n2Cc1ccc(F)c(F)c1. The summed E-state index contributed by atoms with van der Waals surface area (Å²) in [6.45, 7) is -0.419. The predicted molar refractivity (Wildman–Crippen MR) is 112 cm³/mol. The number of ether oxygens (including phenoxy) is 1. The summed E-state index contributed by atoms with van der Waals surface area (Å²) in [6, 6.07) is 3.43. The van der Waals surface area contributed by atoms with Gasteiger partial charge in [-0.05, 0) is 42.9 Å². The van der Waals surface area contributed by atoms with E-state index in [2.05, 4.69) is 16.8 Å². The molecule has 8 nitrogen and oxygen atoms in total. The molecule has 2 aromatic heterocycles. The van der Waals surface area contributed by atoms with Crippen LogP contribution in [0.4, 0.5) is 8.78 Å². The van der Waals surface area contributed by atoms with E-state index in [0.29, 0.717) is 5.56 Å². The zero-order valence-corrected chi connectivity index (χ0v) is 17.5. The lowest BCUT2D eigenvalue weighted by atomic mass is 9.96. The summed E-state index contributed by atoms with van der Waals surface area (Å²) in [7, 11) is 1.46. The molecular weight excluding hydrogens is 422 g/mol. The Morgan fingerprint density at radius 1 is 1.22 bits per heavy atom. The van der Waals surface area contributed by atoms with Crippen molar-refractivity contribution in [1.82, 2.24) is 18.7 Å². The molecule has 1 fully saturated rings. The summed E-state index contributed by atoms with van der Waals surface area (Å²) in [5.41, 5.74) is -0.692. The van der Waals surface area contributed by atoms with Crippen LogP contribution in [0.1, 0.15) is 30.7 Å². The normalized spacial score (nSPS) is 13.8. The van der Waals surface area contributed by atoms with Gasteiger partial charge >= 0.3 is 5.69 Å². The fraction of sp³-hybridized carbons (Fsp3) is 0.409. The number of aromatic nitrogens is 4. The lowest BCUT2D eigenvalue weighted by molar-refractivity contribution is 0.0217. The van der Waals surface area contributed by atoms with E-state index in [0.717, 1.165) is 36.0 Å². The molecule has 32 heavy (non-hydrogen) atoms. The number of aryl methyl sites for hydroxylation is 1. The van der Waals surface area contributed by atoms with Gasteiger partial charge in [0.15, 0.2) is 28.6 Å². The van der Waals surface area contributed by atoms with Crippen LogP contribution >= 0.6 is 0 Å². The van der Waals surface area contributed by atoms with Crippen LogP contribution in [-0.2, 0) is 24.9 Å². The van der Waals surface area contributed by atoms with Crippen LogP contribution in [0, 0.1) is 23.5 Å². The van der Waals surface area contributed by atoms with Crippen molar-refractivity contribution in [3.63, 3.8) is 0 Å². The first-order chi connectivity index (χ1) is 15.4. The summed E-state index contributed by atoms with van der Waals surface area (Å²) in [6.07, 6.45) is 3.35. The zero-order valence-electron chi connectivity index (χ0n) is 17.5. The first-order valence-electron chi connectivity index (χ1n) is 10.3. The molecule has 0 bridgehead atoms. The second-order valence-electron chi connectivity index (χ2n) is 7.63. The van der Waals surface area contributed by atoms with Crippen LogP contribution in [0.15, 0.2) is 27.8 Å². The molecule has 0 aliphatic heterocycles. The number of fused-ring (bicyclic) bond motifs is 1. The average Bonchev–Trinajstić information content (AvgIpc) is 3.09. The molecule has 10 heteroatoms. The highest BCUT2D eigenvalue weighted by atomic mass is 19.2. The smallest absolute Gasteiger partial charge is 0.332 e. The summed E-state index contributed by atoms with van der Waals surface area (Å²) in [5.74, 6) is 3.94. The van der Waals surface area contributed by atoms with Crippen molar-refractivity contribution in [2.45, 2.75) is 38.5 Å². The average molecular weight is 444 g/mol. The van der Waals surface area contributed by atoms with E-state index >= 15 is 0 Å². The van der Waals surface area contributed by atoms with Gasteiger partial charge in [0.1, 0.15) is 6.61 Å². The highest BCUT2D eigenvalue weighted by Crippen LogP contribution is 2.21. The number of hydrogen-bond donors (Lipinski definition) is 1. The van der Waals surface area contributed by atoms with Crippen LogP contribution in [0.3, 0.4) is 0 Å². The second-order valence-corrected chi connectivity index (χ2v) is 7.63. The standard InChI is InChI=1S/C22H22F2N4O4/c1-26-20-19(21(30)27(9-10-29)22(26)31)28(13-14-7-8-16(23)17(24)12-14)18(25-20)6-3-11-32-15-4-2-5-15/h7-8,12,15,29H,2,4-5,9-11,13H2,1H3. The Bertz CT molecular complexity index is 1340. The third-order valence-electron chi connectivity index (χ3n) is 5.52. The highest BCUT2D eigenvalue weighted by molar-refractivity contribution is 5.72. The van der Waals surface area contributed by atoms with Gasteiger partial charge in [-0.15, -0.1) is 0 Å². The van der Waals surface area contributed by atoms with E-state index in [-0.39, 0.29) is 42.8 Å². The molecule has 3 aromatic rings. The Morgan fingerprint density at radius 3 is 2.66 bits per heavy atom. The minimum atomic E-state index is -1.02. The van der Waals surface area contributed by atoms with Crippen LogP contribution in [0.5, 0.6) is 0 Å². The first-order valence-corrected chi connectivity index (χ1v) is 10.3. The molecule has 0 spiro atoms. The van der Waals surface area contributed by atoms with Crippen LogP contribution < -0.4 is 11.2 Å². The maximum Gasteiger partial charge on any atom is 0.332 e. The summed E-state index contributed by atoms with van der Waals surface area (Å²) in [4.78, 5) is 30.0. The molecule has 1 saturated carbocycles. The van der Waals surface area contributed by atoms with Crippen molar-refractivity contribution in [2.75, 3.05) is 13.2 Å². The van der Waals surface area contributed by atoms with Crippen molar-refractivity contribution in [2.24, 2.45) is 7.05 Å². The van der Waals surface area contributed by atoms with E-state index in [1.807, 2.05) is 0 Å². The number of rotatable bonds is 6. The van der Waals surface area contributed by atoms with Crippen LogP contribution in [0.2, 0.25) is 0 Å². The fourth-order valence-corrected chi connectivity index (χ4v) is 3.55. The molecule has 0 amide bonds. The summed E-state index contributed by atoms with van der Waals surface area (Å²) < 4.78 is 36.3. The number of hydrogen-bond acceptors (Lipinski definition) is 5. The van der Waals surface area contributed by atoms with E-state index in [1.54, 1.807) is 0 Å². The van der Waals surface area contributed by atoms with Crippen molar-refractivity contribution < 1.29 is 18.6 Å². The van der Waals surface area contributed by atoms with Crippen LogP contribution in [0.25, 0.3) is 11.2 Å². The molecule has 0 atom stereocenters. The maximum absolute atomic E-state index is 13.8. The van der Waals surface area contributed by atoms with Crippen molar-refractivity contribution in [3.8, 4) is 11.8 Å². The van der Waals surface area contributed by atoms with E-state index in [9.17, 15) is 23.5 Å². The molecule has 1 aromatic carbocycles. The van der Waals surface area contributed by atoms with Crippen molar-refractivity contribution in [1.29, 1.82) is 0 Å². The van der Waals surface area contributed by atoms with Gasteiger partial charge in [0, 0.05) is 7.05 Å². The second kappa shape index (κ2) is 9.06. The molecule has 0 unspecified atom stereocenters. The quantitative estimate of drug-likeness (QED) is 0.576. The molecule has 1 aliphatic carbocycles. The van der Waals surface area contributed by atoms with Crippen molar-refractivity contribution >= 4 is 11.2 Å². The third kappa shape index (κ3) is 4.09. The summed E-state index contributed by atoms with van der Waals surface area (Å²) in [5, 5.41) is 9.27. The maximum atomic E-state index is 13.8. The van der Waals surface area contributed by atoms with Crippen LogP contribution in [-0.4, -0.2) is 43.1 Å². The van der Waals surface area contributed by atoms with E-state index in [4.69, 9.17) is 4.74 Å². The topological polar surface area (TPSA) is 91.3 Å². The molecule has 1 aliphatic rings. The van der Waals surface area contributed by atoms with E-state index in [1.165, 1.54) is 22.2 Å². The van der Waals surface area contributed by atoms with Gasteiger partial charge in [-0.2, -0.15) is 0 Å². The highest BCUT2D eigenvalue weighted by Gasteiger charge is 2.20. The van der Waals surface area contributed by atoms with Gasteiger partial charge in [-0.3, -0.25) is 13.9 Å². The minimum absolute atomic E-state index is 0.0201. The van der Waals surface area contributed by atoms with Gasteiger partial charge < -0.3 is 14.4 Å². The fourth-order valence-electron chi connectivity index (χ4n) is 3.55. The Hall–Kier alpha value is -3.29. The number of aliphatic hydroxyl groups is 1. The molecule has 0 saturated heterocycles. The van der Waals surface area contributed by atoms with Gasteiger partial charge in [0.2, 0.25) is 0 Å². The lowest BCUT2D eigenvalue weighted by Gasteiger charge is -2.24. The number of imidazole rings is 1. The number of aliphatic hydroxyl groups excluding tert-OH is 1. The minimum Gasteiger partial charge on any atom is -0.395 e. The molecule has 168 valence electrons. The van der Waals surface area contributed by atoms with Gasteiger partial charge in [-0.1, -0.05) is 12.0 Å². The Labute approximate surface area is 181 Å². The molecule has 4 rings (SSSR count). The summed E-state index contributed by atoms with van der Waals surface area (Å²) >= 11 is 0. The van der Waals surface area contributed by atoms with E-state index < -0.39 is 29.5 Å². The van der Waals surface area contributed by atoms with Gasteiger partial charge in [0.05, 0.1) is 25.8 Å². The Balaban J connectivity index is 1.83. The number of halogens is 2. The molecule has 0 radical (unpaired) electrons. The van der Waals surface area contributed by atoms with Gasteiger partial charge in [0.25, 0.3) is 5.56 Å². The third-order valence-corrected chi connectivity index (χ3v) is 5.52. The molecule has 1 N–H and O–H groups in total. The van der Waals surface area contributed by atoms with Crippen molar-refractivity contribution in [3.05, 3.63) is 62.1 Å². The zero-order chi connectivity index (χ0) is 22.8. The Morgan fingerprint density at radius 2 is 2.00 bits per heavy atom. The Kier molecular flexibility index (Phi) is 6.21. The number of benzene rings is 1. The number of nitrogens with zero attached hydrogens (tertiary/aromatic N) is 4. The predicted octanol–water partition coefficient (Wildman–Crippen LogP) is 1.14.